The highest BCUT2D eigenvalue weighted by Gasteiger charge is 2.32. The molecule has 0 aliphatic heterocycles. The Balaban J connectivity index is 2.32. The van der Waals surface area contributed by atoms with Crippen LogP contribution in [0.4, 0.5) is 23.2 Å². The fourth-order valence-corrected chi connectivity index (χ4v) is 3.25. The van der Waals surface area contributed by atoms with E-state index in [0.717, 1.165) is 31.4 Å². The number of hydrogen-bond donors (Lipinski definition) is 1. The Morgan fingerprint density at radius 1 is 1.41 bits per heavy atom. The number of halogens is 4. The lowest BCUT2D eigenvalue weighted by atomic mass is 9.84. The van der Waals surface area contributed by atoms with Crippen molar-refractivity contribution in [1.29, 1.82) is 0 Å². The highest BCUT2D eigenvalue weighted by atomic mass is 32.2. The molecule has 1 aromatic carbocycles. The second-order valence-electron chi connectivity index (χ2n) is 5.34. The maximum Gasteiger partial charge on any atom is 0.400 e. The van der Waals surface area contributed by atoms with Crippen molar-refractivity contribution in [3.63, 3.8) is 0 Å². The van der Waals surface area contributed by atoms with Gasteiger partial charge in [0, 0.05) is 10.8 Å². The van der Waals surface area contributed by atoms with E-state index in [1.54, 1.807) is 0 Å². The number of rotatable bonds is 4. The van der Waals surface area contributed by atoms with Crippen LogP contribution < -0.4 is 5.73 Å². The summed E-state index contributed by atoms with van der Waals surface area (Å²) >= 11 is 0. The van der Waals surface area contributed by atoms with Gasteiger partial charge in [-0.15, -0.1) is 0 Å². The van der Waals surface area contributed by atoms with Gasteiger partial charge in [0.2, 0.25) is 0 Å². The summed E-state index contributed by atoms with van der Waals surface area (Å²) in [6.45, 7) is 1.41. The maximum absolute atomic E-state index is 13.9. The minimum Gasteiger partial charge on any atom is -0.387 e. The second-order valence-corrected chi connectivity index (χ2v) is 6.76. The topological polar surface area (TPSA) is 55.4 Å². The van der Waals surface area contributed by atoms with Gasteiger partial charge in [-0.3, -0.25) is 4.21 Å². The first-order chi connectivity index (χ1) is 10.2. The van der Waals surface area contributed by atoms with Crippen LogP contribution in [0, 0.1) is 18.7 Å². The van der Waals surface area contributed by atoms with E-state index in [9.17, 15) is 21.8 Å². The van der Waals surface area contributed by atoms with Crippen molar-refractivity contribution in [2.24, 2.45) is 16.6 Å². The summed E-state index contributed by atoms with van der Waals surface area (Å²) < 4.78 is 62.8. The first kappa shape index (κ1) is 16.9. The first-order valence-electron chi connectivity index (χ1n) is 6.76. The number of nitrogens with two attached hydrogens (primary N) is 1. The molecule has 1 atom stereocenters. The van der Waals surface area contributed by atoms with Crippen LogP contribution in [-0.4, -0.2) is 22.0 Å². The lowest BCUT2D eigenvalue weighted by Gasteiger charge is -2.24. The molecule has 1 unspecified atom stereocenters. The van der Waals surface area contributed by atoms with Gasteiger partial charge < -0.3 is 5.73 Å². The van der Waals surface area contributed by atoms with Gasteiger partial charge in [-0.1, -0.05) is 6.42 Å². The molecule has 0 radical (unpaired) electrons. The fraction of sp³-hybridized carbons (Fsp3) is 0.500. The van der Waals surface area contributed by atoms with Gasteiger partial charge in [-0.2, -0.15) is 13.2 Å². The summed E-state index contributed by atoms with van der Waals surface area (Å²) in [6.07, 6.45) is -1.79. The largest absolute Gasteiger partial charge is 0.400 e. The normalized spacial score (nSPS) is 18.1. The maximum atomic E-state index is 13.9. The number of aryl methyl sites for hydroxylation is 1. The summed E-state index contributed by atoms with van der Waals surface area (Å²) in [4.78, 5) is 3.89. The number of benzene rings is 1. The van der Waals surface area contributed by atoms with Crippen LogP contribution in [0.2, 0.25) is 0 Å². The van der Waals surface area contributed by atoms with Crippen LogP contribution in [0.25, 0.3) is 0 Å². The molecule has 8 heteroatoms. The van der Waals surface area contributed by atoms with Crippen molar-refractivity contribution in [2.75, 3.05) is 5.75 Å². The molecule has 3 nitrogen and oxygen atoms in total. The van der Waals surface area contributed by atoms with Gasteiger partial charge in [0.25, 0.3) is 0 Å². The Morgan fingerprint density at radius 3 is 2.55 bits per heavy atom. The minimum absolute atomic E-state index is 0.0705. The molecule has 1 saturated carbocycles. The Hall–Kier alpha value is -1.44. The van der Waals surface area contributed by atoms with Crippen molar-refractivity contribution in [3.05, 3.63) is 23.5 Å². The summed E-state index contributed by atoms with van der Waals surface area (Å²) in [5.74, 6) is -1.81. The van der Waals surface area contributed by atoms with Crippen molar-refractivity contribution in [1.82, 2.24) is 0 Å². The lowest BCUT2D eigenvalue weighted by molar-refractivity contribution is -0.105. The Kier molecular flexibility index (Phi) is 4.89. The van der Waals surface area contributed by atoms with Gasteiger partial charge in [0.1, 0.15) is 23.1 Å². The van der Waals surface area contributed by atoms with Gasteiger partial charge in [-0.25, -0.2) is 9.38 Å². The van der Waals surface area contributed by atoms with Crippen molar-refractivity contribution < 1.29 is 21.8 Å². The van der Waals surface area contributed by atoms with Crippen LogP contribution in [0.3, 0.4) is 0 Å². The van der Waals surface area contributed by atoms with Gasteiger partial charge >= 0.3 is 6.18 Å². The van der Waals surface area contributed by atoms with Crippen LogP contribution >= 0.6 is 0 Å². The van der Waals surface area contributed by atoms with Crippen LogP contribution in [0.15, 0.2) is 22.0 Å². The number of alkyl halides is 3. The number of aliphatic imine (C=N–C) groups is 1. The van der Waals surface area contributed by atoms with E-state index in [4.69, 9.17) is 5.73 Å². The molecule has 0 saturated heterocycles. The number of amidine groups is 1. The third-order valence-corrected chi connectivity index (χ3v) is 5.08. The molecule has 2 rings (SSSR count). The summed E-state index contributed by atoms with van der Waals surface area (Å²) in [5.41, 5.74) is 5.80. The Bertz CT molecular complexity index is 624. The number of nitrogens with zero attached hydrogens (tertiary/aromatic N) is 1. The Morgan fingerprint density at radius 2 is 2.05 bits per heavy atom. The average molecular weight is 336 g/mol. The number of hydrogen-bond acceptors (Lipinski definition) is 2. The van der Waals surface area contributed by atoms with Crippen LogP contribution in [-0.2, 0) is 10.8 Å². The Labute approximate surface area is 128 Å². The van der Waals surface area contributed by atoms with Crippen molar-refractivity contribution in [2.45, 2.75) is 37.3 Å². The molecular weight excluding hydrogens is 320 g/mol. The molecule has 1 fully saturated rings. The van der Waals surface area contributed by atoms with Gasteiger partial charge in [0.15, 0.2) is 0 Å². The SMILES string of the molecule is Cc1cc(F)c(N=C(N)C2CCC2)cc1S(=O)CC(F)(F)F. The molecule has 1 aliphatic carbocycles. The average Bonchev–Trinajstić information content (AvgIpc) is 2.27. The monoisotopic (exact) mass is 336 g/mol. The standard InChI is InChI=1S/C14H16F4N2OS/c1-8-5-10(15)11(20-13(19)9-3-2-4-9)6-12(8)22(21)7-14(16,17)18/h5-6,9H,2-4,7H2,1H3,(H2,19,20). The molecular formula is C14H16F4N2OS. The molecule has 0 aromatic heterocycles. The van der Waals surface area contributed by atoms with Crippen molar-refractivity contribution >= 4 is 22.3 Å². The molecule has 122 valence electrons. The quantitative estimate of drug-likeness (QED) is 0.519. The van der Waals surface area contributed by atoms with E-state index < -0.39 is 28.5 Å². The fourth-order valence-electron chi connectivity index (χ4n) is 2.13. The molecule has 2 N–H and O–H groups in total. The summed E-state index contributed by atoms with van der Waals surface area (Å²) in [7, 11) is -2.30. The van der Waals surface area contributed by atoms with Gasteiger partial charge in [-0.05, 0) is 37.5 Å². The zero-order chi connectivity index (χ0) is 16.5. The third kappa shape index (κ3) is 4.06. The molecule has 0 bridgehead atoms. The highest BCUT2D eigenvalue weighted by Crippen LogP contribution is 2.31. The highest BCUT2D eigenvalue weighted by molar-refractivity contribution is 7.85. The van der Waals surface area contributed by atoms with E-state index >= 15 is 0 Å². The van der Waals surface area contributed by atoms with Crippen molar-refractivity contribution in [3.8, 4) is 0 Å². The zero-order valence-corrected chi connectivity index (χ0v) is 12.7. The lowest BCUT2D eigenvalue weighted by Crippen LogP contribution is -2.28. The summed E-state index contributed by atoms with van der Waals surface area (Å²) in [5, 5.41) is 0. The molecule has 0 amide bonds. The molecule has 22 heavy (non-hydrogen) atoms. The minimum atomic E-state index is -4.56. The predicted octanol–water partition coefficient (Wildman–Crippen LogP) is 3.59. The molecule has 0 spiro atoms. The van der Waals surface area contributed by atoms with Crippen LogP contribution in [0.5, 0.6) is 0 Å². The predicted molar refractivity (Wildman–Crippen MR) is 77.1 cm³/mol. The van der Waals surface area contributed by atoms with E-state index in [1.165, 1.54) is 6.92 Å². The van der Waals surface area contributed by atoms with E-state index in [1.807, 2.05) is 0 Å². The van der Waals surface area contributed by atoms with E-state index in [0.29, 0.717) is 0 Å². The van der Waals surface area contributed by atoms with E-state index in [2.05, 4.69) is 4.99 Å². The third-order valence-electron chi connectivity index (χ3n) is 3.56. The molecule has 1 aromatic rings. The van der Waals surface area contributed by atoms with E-state index in [-0.39, 0.29) is 27.9 Å². The second kappa shape index (κ2) is 6.36. The smallest absolute Gasteiger partial charge is 0.387 e. The molecule has 0 heterocycles. The zero-order valence-electron chi connectivity index (χ0n) is 11.9. The molecule has 1 aliphatic rings. The first-order valence-corrected chi connectivity index (χ1v) is 8.08. The van der Waals surface area contributed by atoms with Gasteiger partial charge in [0.05, 0.1) is 10.8 Å². The summed E-state index contributed by atoms with van der Waals surface area (Å²) in [6, 6.07) is 2.13. The van der Waals surface area contributed by atoms with Crippen LogP contribution in [0.1, 0.15) is 24.8 Å².